The van der Waals surface area contributed by atoms with Gasteiger partial charge in [-0.05, 0) is 87.5 Å². The van der Waals surface area contributed by atoms with Crippen LogP contribution in [0.25, 0.3) is 11.1 Å². The van der Waals surface area contributed by atoms with Crippen LogP contribution in [0.2, 0.25) is 10.0 Å². The third-order valence-electron chi connectivity index (χ3n) is 11.4. The SMILES string of the molecule is N#Cc1ccc(Cn2ccnc2)cc1OCc1ccc(Cl)cc1Cl.N#Cc1ccc(Cn2ccnc2)cc1OCc1ccccc1.N#Cc1ccc(Cn2ccnc2)cc1OCc1ccccc1-c1ccccc1. The Bertz CT molecular complexity index is 3500. The van der Waals surface area contributed by atoms with Crippen molar-refractivity contribution in [2.75, 3.05) is 0 Å². The van der Waals surface area contributed by atoms with Gasteiger partial charge < -0.3 is 27.9 Å². The second-order valence-electron chi connectivity index (χ2n) is 16.6. The molecular weight excluding hydrogens is 966 g/mol. The van der Waals surface area contributed by atoms with Gasteiger partial charge in [-0.2, -0.15) is 15.8 Å². The maximum Gasteiger partial charge on any atom is 0.137 e. The standard InChI is InChI=1S/C24H19N3O.C18H13Cl2N3O.C18H15N3O/c25-15-21-11-10-19(16-27-13-12-26-18-27)14-24(21)28-17-22-8-4-5-9-23(22)20-6-2-1-3-7-20;19-16-4-3-15(17(20)8-16)11-24-18-7-13(1-2-14(18)9-21)10-23-6-5-22-12-23;19-11-17-7-6-16(12-21-9-8-20-14-21)10-18(17)22-13-15-4-2-1-3-5-15/h1-14,18H,16-17H2;1-8,12H,10-11H2;1-10,14H,12-13H2. The van der Waals surface area contributed by atoms with Crippen LogP contribution in [0.15, 0.2) is 214 Å². The van der Waals surface area contributed by atoms with E-state index in [0.717, 1.165) is 44.5 Å². The highest BCUT2D eigenvalue weighted by Crippen LogP contribution is 2.29. The lowest BCUT2D eigenvalue weighted by Crippen LogP contribution is -2.02. The molecule has 0 unspecified atom stereocenters. The van der Waals surface area contributed by atoms with Crippen molar-refractivity contribution < 1.29 is 14.2 Å². The molecule has 0 N–H and O–H groups in total. The van der Waals surface area contributed by atoms with E-state index in [0.29, 0.717) is 76.8 Å². The van der Waals surface area contributed by atoms with Gasteiger partial charge in [-0.15, -0.1) is 0 Å². The minimum atomic E-state index is 0.263. The van der Waals surface area contributed by atoms with Gasteiger partial charge in [0.25, 0.3) is 0 Å². The number of halogens is 2. The Morgan fingerprint density at radius 2 is 0.851 bits per heavy atom. The Kier molecular flexibility index (Phi) is 18.0. The van der Waals surface area contributed by atoms with Gasteiger partial charge in [0.1, 0.15) is 55.3 Å². The van der Waals surface area contributed by atoms with Crippen molar-refractivity contribution >= 4 is 23.2 Å². The van der Waals surface area contributed by atoms with Crippen LogP contribution in [0.4, 0.5) is 0 Å². The zero-order valence-corrected chi connectivity index (χ0v) is 41.5. The summed E-state index contributed by atoms with van der Waals surface area (Å²) in [5.74, 6) is 1.74. The number of nitriles is 3. The van der Waals surface area contributed by atoms with Crippen molar-refractivity contribution in [3.8, 4) is 46.6 Å². The fourth-order valence-corrected chi connectivity index (χ4v) is 8.10. The number of benzene rings is 7. The molecule has 3 aromatic heterocycles. The van der Waals surface area contributed by atoms with Crippen molar-refractivity contribution in [3.63, 3.8) is 0 Å². The molecule has 0 bridgehead atoms. The molecule has 0 spiro atoms. The molecule has 0 amide bonds. The monoisotopic (exact) mass is 1010 g/mol. The van der Waals surface area contributed by atoms with Gasteiger partial charge in [0, 0.05) is 72.4 Å². The quantitative estimate of drug-likeness (QED) is 0.0920. The van der Waals surface area contributed by atoms with E-state index in [1.54, 1.807) is 61.8 Å². The van der Waals surface area contributed by atoms with Crippen LogP contribution in [0.1, 0.15) is 50.1 Å². The Morgan fingerprint density at radius 3 is 1.30 bits per heavy atom. The van der Waals surface area contributed by atoms with E-state index in [2.05, 4.69) is 57.4 Å². The second-order valence-corrected chi connectivity index (χ2v) is 17.5. The molecule has 0 aliphatic rings. The lowest BCUT2D eigenvalue weighted by Gasteiger charge is -2.13. The Labute approximate surface area is 439 Å². The van der Waals surface area contributed by atoms with Crippen molar-refractivity contribution in [3.05, 3.63) is 274 Å². The van der Waals surface area contributed by atoms with Crippen LogP contribution in [0, 0.1) is 34.0 Å². The highest BCUT2D eigenvalue weighted by atomic mass is 35.5. The van der Waals surface area contributed by atoms with Crippen LogP contribution < -0.4 is 14.2 Å². The normalized spacial score (nSPS) is 10.3. The van der Waals surface area contributed by atoms with Crippen LogP contribution in [-0.4, -0.2) is 28.7 Å². The Balaban J connectivity index is 0.000000149. The summed E-state index contributed by atoms with van der Waals surface area (Å²) in [7, 11) is 0. The number of nitrogens with zero attached hydrogens (tertiary/aromatic N) is 9. The molecule has 0 aliphatic carbocycles. The average Bonchev–Trinajstić information content (AvgIpc) is 4.28. The summed E-state index contributed by atoms with van der Waals surface area (Å²) in [6, 6.07) is 57.0. The second kappa shape index (κ2) is 26.2. The van der Waals surface area contributed by atoms with Crippen molar-refractivity contribution in [2.24, 2.45) is 0 Å². The summed E-state index contributed by atoms with van der Waals surface area (Å²) in [4.78, 5) is 12.1. The summed E-state index contributed by atoms with van der Waals surface area (Å²) >= 11 is 12.1. The van der Waals surface area contributed by atoms with Crippen molar-refractivity contribution in [1.29, 1.82) is 15.8 Å². The molecule has 10 rings (SSSR count). The van der Waals surface area contributed by atoms with Crippen molar-refractivity contribution in [1.82, 2.24) is 28.7 Å². The number of aromatic nitrogens is 6. The van der Waals surface area contributed by atoms with E-state index in [1.165, 1.54) is 0 Å². The van der Waals surface area contributed by atoms with E-state index in [1.807, 2.05) is 141 Å². The van der Waals surface area contributed by atoms with Crippen LogP contribution in [0.5, 0.6) is 17.2 Å². The van der Waals surface area contributed by atoms with E-state index >= 15 is 0 Å². The average molecular weight is 1010 g/mol. The van der Waals surface area contributed by atoms with E-state index in [4.69, 9.17) is 37.4 Å². The molecule has 0 atom stereocenters. The van der Waals surface area contributed by atoms with Crippen LogP contribution in [0.3, 0.4) is 0 Å². The van der Waals surface area contributed by atoms with E-state index in [-0.39, 0.29) is 6.61 Å². The summed E-state index contributed by atoms with van der Waals surface area (Å²) in [6.45, 7) is 3.15. The fraction of sp³-hybridized carbons (Fsp3) is 0.100. The summed E-state index contributed by atoms with van der Waals surface area (Å²) < 4.78 is 23.6. The molecule has 0 aliphatic heterocycles. The van der Waals surface area contributed by atoms with Gasteiger partial charge in [0.2, 0.25) is 0 Å². The summed E-state index contributed by atoms with van der Waals surface area (Å²) in [5.41, 5.74) is 9.96. The molecule has 3 heterocycles. The first-order valence-corrected chi connectivity index (χ1v) is 24.1. The molecule has 74 heavy (non-hydrogen) atoms. The number of rotatable bonds is 16. The van der Waals surface area contributed by atoms with Gasteiger partial charge in [-0.1, -0.05) is 132 Å². The molecule has 0 radical (unpaired) electrons. The maximum absolute atomic E-state index is 9.45. The molecule has 10 aromatic rings. The minimum Gasteiger partial charge on any atom is -0.488 e. The van der Waals surface area contributed by atoms with Crippen LogP contribution >= 0.6 is 23.2 Å². The third kappa shape index (κ3) is 14.6. The van der Waals surface area contributed by atoms with Crippen LogP contribution in [-0.2, 0) is 39.5 Å². The number of ether oxygens (including phenoxy) is 3. The van der Waals surface area contributed by atoms with Gasteiger partial charge in [0.05, 0.1) is 35.7 Å². The fourth-order valence-electron chi connectivity index (χ4n) is 7.63. The molecule has 7 aromatic carbocycles. The molecule has 12 nitrogen and oxygen atoms in total. The molecule has 14 heteroatoms. The number of hydrogen-bond acceptors (Lipinski definition) is 9. The highest BCUT2D eigenvalue weighted by Gasteiger charge is 2.12. The third-order valence-corrected chi connectivity index (χ3v) is 12.0. The first-order chi connectivity index (χ1) is 36.3. The minimum absolute atomic E-state index is 0.263. The number of hydrogen-bond donors (Lipinski definition) is 0. The molecular formula is C60H47Cl2N9O3. The van der Waals surface area contributed by atoms with Gasteiger partial charge in [-0.3, -0.25) is 0 Å². The first kappa shape index (κ1) is 51.0. The lowest BCUT2D eigenvalue weighted by molar-refractivity contribution is 0.305. The molecule has 364 valence electrons. The smallest absolute Gasteiger partial charge is 0.137 e. The lowest BCUT2D eigenvalue weighted by atomic mass is 10.0. The Morgan fingerprint density at radius 1 is 0.419 bits per heavy atom. The molecule has 0 saturated carbocycles. The largest absolute Gasteiger partial charge is 0.488 e. The van der Waals surface area contributed by atoms with Crippen molar-refractivity contribution in [2.45, 2.75) is 39.5 Å². The van der Waals surface area contributed by atoms with Gasteiger partial charge in [0.15, 0.2) is 0 Å². The predicted octanol–water partition coefficient (Wildman–Crippen LogP) is 13.1. The van der Waals surface area contributed by atoms with Gasteiger partial charge in [-0.25, -0.2) is 15.0 Å². The highest BCUT2D eigenvalue weighted by molar-refractivity contribution is 6.35. The molecule has 0 fully saturated rings. The zero-order chi connectivity index (χ0) is 51.3. The van der Waals surface area contributed by atoms with Gasteiger partial charge >= 0.3 is 0 Å². The first-order valence-electron chi connectivity index (χ1n) is 23.3. The van der Waals surface area contributed by atoms with E-state index in [9.17, 15) is 15.8 Å². The zero-order valence-electron chi connectivity index (χ0n) is 40.0. The Hall–Kier alpha value is -9.38. The molecule has 0 saturated heterocycles. The topological polar surface area (TPSA) is 153 Å². The predicted molar refractivity (Wildman–Crippen MR) is 285 cm³/mol. The van der Waals surface area contributed by atoms with E-state index < -0.39 is 0 Å². The maximum atomic E-state index is 9.45. The summed E-state index contributed by atoms with van der Waals surface area (Å²) in [5, 5.41) is 29.0. The number of imidazole rings is 3. The summed E-state index contributed by atoms with van der Waals surface area (Å²) in [6.07, 6.45) is 16.2.